The van der Waals surface area contributed by atoms with Crippen LogP contribution in [0.15, 0.2) is 24.3 Å². The molecular weight excluding hydrogens is 207 g/mol. The summed E-state index contributed by atoms with van der Waals surface area (Å²) in [7, 11) is 0. The van der Waals surface area contributed by atoms with Crippen molar-refractivity contribution in [2.24, 2.45) is 5.41 Å². The molecule has 2 nitrogen and oxygen atoms in total. The zero-order valence-corrected chi connectivity index (χ0v) is 9.24. The summed E-state index contributed by atoms with van der Waals surface area (Å²) < 4.78 is 12.7. The van der Waals surface area contributed by atoms with E-state index in [-0.39, 0.29) is 11.7 Å². The topological polar surface area (TPSA) is 37.3 Å². The van der Waals surface area contributed by atoms with E-state index in [1.165, 1.54) is 12.1 Å². The van der Waals surface area contributed by atoms with Crippen molar-refractivity contribution in [1.29, 1.82) is 0 Å². The number of aliphatic carboxylic acids is 1. The van der Waals surface area contributed by atoms with Crippen LogP contribution in [0.4, 0.5) is 4.39 Å². The maximum absolute atomic E-state index is 12.7. The molecule has 1 N–H and O–H groups in total. The molecule has 1 aromatic carbocycles. The van der Waals surface area contributed by atoms with Crippen molar-refractivity contribution in [2.45, 2.75) is 32.1 Å². The van der Waals surface area contributed by atoms with Crippen LogP contribution in [0.5, 0.6) is 0 Å². The van der Waals surface area contributed by atoms with E-state index in [4.69, 9.17) is 5.11 Å². The van der Waals surface area contributed by atoms with Gasteiger partial charge in [-0.3, -0.25) is 4.79 Å². The first-order chi connectivity index (χ1) is 7.53. The summed E-state index contributed by atoms with van der Waals surface area (Å²) in [5, 5.41) is 9.08. The quantitative estimate of drug-likeness (QED) is 0.849. The van der Waals surface area contributed by atoms with Crippen LogP contribution < -0.4 is 0 Å². The Balaban J connectivity index is 2.06. The molecule has 0 saturated heterocycles. The Bertz CT molecular complexity index is 393. The van der Waals surface area contributed by atoms with Crippen molar-refractivity contribution >= 4 is 5.97 Å². The maximum atomic E-state index is 12.7. The summed E-state index contributed by atoms with van der Waals surface area (Å²) >= 11 is 0. The highest BCUT2D eigenvalue weighted by Gasteiger charge is 2.50. The van der Waals surface area contributed by atoms with Crippen LogP contribution >= 0.6 is 0 Å². The lowest BCUT2D eigenvalue weighted by Gasteiger charge is -2.16. The van der Waals surface area contributed by atoms with Crippen molar-refractivity contribution in [2.75, 3.05) is 0 Å². The molecule has 0 aromatic heterocycles. The van der Waals surface area contributed by atoms with Crippen LogP contribution in [0.25, 0.3) is 0 Å². The van der Waals surface area contributed by atoms with Crippen molar-refractivity contribution < 1.29 is 14.3 Å². The summed E-state index contributed by atoms with van der Waals surface area (Å²) in [5.41, 5.74) is 0.502. The molecule has 1 fully saturated rings. The highest BCUT2D eigenvalue weighted by Crippen LogP contribution is 2.52. The molecule has 2 rings (SSSR count). The van der Waals surface area contributed by atoms with Gasteiger partial charge >= 0.3 is 5.97 Å². The van der Waals surface area contributed by atoms with Crippen LogP contribution in [0.3, 0.4) is 0 Å². The van der Waals surface area contributed by atoms with E-state index in [1.54, 1.807) is 12.1 Å². The summed E-state index contributed by atoms with van der Waals surface area (Å²) in [5.74, 6) is -0.781. The van der Waals surface area contributed by atoms with Crippen LogP contribution in [0.1, 0.15) is 37.7 Å². The molecule has 3 heteroatoms. The molecule has 0 amide bonds. The second-order valence-electron chi connectivity index (χ2n) is 4.74. The van der Waals surface area contributed by atoms with Crippen molar-refractivity contribution in [1.82, 2.24) is 0 Å². The lowest BCUT2D eigenvalue weighted by atomic mass is 9.88. The van der Waals surface area contributed by atoms with E-state index in [9.17, 15) is 9.18 Å². The van der Waals surface area contributed by atoms with Crippen LogP contribution in [0, 0.1) is 11.2 Å². The molecule has 0 bridgehead atoms. The highest BCUT2D eigenvalue weighted by molar-refractivity contribution is 5.77. The monoisotopic (exact) mass is 222 g/mol. The smallest absolute Gasteiger partial charge is 0.309 e. The average Bonchev–Trinajstić information content (AvgIpc) is 3.00. The van der Waals surface area contributed by atoms with Gasteiger partial charge in [0.15, 0.2) is 0 Å². The number of carboxylic acid groups (broad SMARTS) is 1. The Labute approximate surface area is 94.1 Å². The zero-order valence-electron chi connectivity index (χ0n) is 9.24. The predicted molar refractivity (Wildman–Crippen MR) is 58.7 cm³/mol. The lowest BCUT2D eigenvalue weighted by Crippen LogP contribution is -2.17. The van der Waals surface area contributed by atoms with Gasteiger partial charge in [0.25, 0.3) is 0 Å². The number of hydrogen-bond acceptors (Lipinski definition) is 1. The minimum absolute atomic E-state index is 0.166. The van der Waals surface area contributed by atoms with Gasteiger partial charge in [0.2, 0.25) is 0 Å². The SMILES string of the molecule is CC(CC1(C(=O)O)CC1)c1ccc(F)cc1. The third kappa shape index (κ3) is 2.08. The van der Waals surface area contributed by atoms with E-state index in [0.717, 1.165) is 18.4 Å². The number of rotatable bonds is 4. The summed E-state index contributed by atoms with van der Waals surface area (Å²) in [6, 6.07) is 6.31. The minimum atomic E-state index is -0.693. The van der Waals surface area contributed by atoms with Gasteiger partial charge < -0.3 is 5.11 Å². The van der Waals surface area contributed by atoms with Gasteiger partial charge in [-0.15, -0.1) is 0 Å². The molecule has 1 aliphatic rings. The van der Waals surface area contributed by atoms with Crippen LogP contribution in [-0.2, 0) is 4.79 Å². The molecule has 1 saturated carbocycles. The first-order valence-electron chi connectivity index (χ1n) is 5.52. The molecule has 16 heavy (non-hydrogen) atoms. The van der Waals surface area contributed by atoms with Crippen LogP contribution in [0.2, 0.25) is 0 Å². The number of benzene rings is 1. The van der Waals surface area contributed by atoms with Gasteiger partial charge in [-0.2, -0.15) is 0 Å². The van der Waals surface area contributed by atoms with E-state index >= 15 is 0 Å². The maximum Gasteiger partial charge on any atom is 0.309 e. The number of halogens is 1. The fourth-order valence-electron chi connectivity index (χ4n) is 2.15. The first-order valence-corrected chi connectivity index (χ1v) is 5.52. The molecule has 0 spiro atoms. The predicted octanol–water partition coefficient (Wildman–Crippen LogP) is 3.18. The molecule has 1 aromatic rings. The van der Waals surface area contributed by atoms with Gasteiger partial charge in [-0.25, -0.2) is 4.39 Å². The van der Waals surface area contributed by atoms with Crippen LogP contribution in [-0.4, -0.2) is 11.1 Å². The van der Waals surface area contributed by atoms with E-state index in [0.29, 0.717) is 6.42 Å². The minimum Gasteiger partial charge on any atom is -0.481 e. The van der Waals surface area contributed by atoms with Crippen molar-refractivity contribution in [3.8, 4) is 0 Å². The number of carbonyl (C=O) groups is 1. The number of hydrogen-bond donors (Lipinski definition) is 1. The molecule has 86 valence electrons. The fraction of sp³-hybridized carbons (Fsp3) is 0.462. The molecule has 1 unspecified atom stereocenters. The average molecular weight is 222 g/mol. The van der Waals surface area contributed by atoms with E-state index in [2.05, 4.69) is 0 Å². The second kappa shape index (κ2) is 3.89. The third-order valence-corrected chi connectivity index (χ3v) is 3.44. The Morgan fingerprint density at radius 2 is 2.00 bits per heavy atom. The molecule has 1 atom stereocenters. The largest absolute Gasteiger partial charge is 0.481 e. The Morgan fingerprint density at radius 3 is 2.44 bits per heavy atom. The van der Waals surface area contributed by atoms with E-state index < -0.39 is 11.4 Å². The van der Waals surface area contributed by atoms with E-state index in [1.807, 2.05) is 6.92 Å². The Hall–Kier alpha value is -1.38. The van der Waals surface area contributed by atoms with Crippen molar-refractivity contribution in [3.63, 3.8) is 0 Å². The summed E-state index contributed by atoms with van der Waals surface area (Å²) in [6.07, 6.45) is 2.19. The van der Waals surface area contributed by atoms with Gasteiger partial charge in [0, 0.05) is 0 Å². The number of carboxylic acids is 1. The van der Waals surface area contributed by atoms with Gasteiger partial charge in [0.1, 0.15) is 5.82 Å². The Kier molecular flexibility index (Phi) is 2.70. The molecule has 1 aliphatic carbocycles. The molecule has 0 radical (unpaired) electrons. The zero-order chi connectivity index (χ0) is 11.8. The standard InChI is InChI=1S/C13H15FO2/c1-9(8-13(6-7-13)12(15)16)10-2-4-11(14)5-3-10/h2-5,9H,6-8H2,1H3,(H,15,16). The summed E-state index contributed by atoms with van der Waals surface area (Å²) in [4.78, 5) is 11.0. The van der Waals surface area contributed by atoms with Crippen molar-refractivity contribution in [3.05, 3.63) is 35.6 Å². The van der Waals surface area contributed by atoms with Gasteiger partial charge in [0.05, 0.1) is 5.41 Å². The lowest BCUT2D eigenvalue weighted by molar-refractivity contribution is -0.143. The normalized spacial score (nSPS) is 19.1. The van der Waals surface area contributed by atoms with Gasteiger partial charge in [-0.05, 0) is 42.9 Å². The van der Waals surface area contributed by atoms with Gasteiger partial charge in [-0.1, -0.05) is 19.1 Å². The highest BCUT2D eigenvalue weighted by atomic mass is 19.1. The second-order valence-corrected chi connectivity index (χ2v) is 4.74. The third-order valence-electron chi connectivity index (χ3n) is 3.44. The molecule has 0 heterocycles. The fourth-order valence-corrected chi connectivity index (χ4v) is 2.15. The first kappa shape index (κ1) is 11.1. The molecular formula is C13H15FO2. The molecule has 0 aliphatic heterocycles. The summed E-state index contributed by atoms with van der Waals surface area (Å²) in [6.45, 7) is 2.00. The Morgan fingerprint density at radius 1 is 1.44 bits per heavy atom.